The van der Waals surface area contributed by atoms with Gasteiger partial charge in [-0.15, -0.1) is 0 Å². The van der Waals surface area contributed by atoms with Crippen LogP contribution in [0.15, 0.2) is 30.3 Å². The zero-order chi connectivity index (χ0) is 9.68. The maximum absolute atomic E-state index is 10.9. The van der Waals surface area contributed by atoms with Crippen molar-refractivity contribution in [2.75, 3.05) is 7.05 Å². The van der Waals surface area contributed by atoms with Gasteiger partial charge in [0.25, 0.3) is 0 Å². The van der Waals surface area contributed by atoms with Crippen LogP contribution in [-0.2, 0) is 4.79 Å². The van der Waals surface area contributed by atoms with Crippen molar-refractivity contribution in [3.05, 3.63) is 40.9 Å². The second-order valence-electron chi connectivity index (χ2n) is 2.58. The summed E-state index contributed by atoms with van der Waals surface area (Å²) in [6, 6.07) is 7.35. The van der Waals surface area contributed by atoms with E-state index >= 15 is 0 Å². The number of hydrogen-bond acceptors (Lipinski definition) is 1. The van der Waals surface area contributed by atoms with Crippen LogP contribution in [0.1, 0.15) is 5.56 Å². The molecule has 0 heterocycles. The van der Waals surface area contributed by atoms with Gasteiger partial charge >= 0.3 is 5.91 Å². The predicted octanol–water partition coefficient (Wildman–Crippen LogP) is 1.07. The van der Waals surface area contributed by atoms with E-state index in [0.29, 0.717) is 5.02 Å². The molecule has 1 aromatic carbocycles. The summed E-state index contributed by atoms with van der Waals surface area (Å²) in [6.45, 7) is 0. The van der Waals surface area contributed by atoms with Crippen LogP contribution in [-0.4, -0.2) is 13.0 Å². The van der Waals surface area contributed by atoms with Gasteiger partial charge in [0.1, 0.15) is 0 Å². The molecule has 1 amide bonds. The Morgan fingerprint density at radius 2 is 2.31 bits per heavy atom. The van der Waals surface area contributed by atoms with E-state index in [0.717, 1.165) is 5.56 Å². The van der Waals surface area contributed by atoms with E-state index in [-0.39, 0.29) is 5.91 Å². The third-order valence-electron chi connectivity index (χ3n) is 1.57. The third-order valence-corrected chi connectivity index (χ3v) is 1.81. The second kappa shape index (κ2) is 4.80. The predicted molar refractivity (Wildman–Crippen MR) is 53.3 cm³/mol. The van der Waals surface area contributed by atoms with Gasteiger partial charge in [-0.05, 0) is 23.8 Å². The number of carbonyl (C=O) groups excluding carboxylic acids is 1. The Balaban J connectivity index is 2.74. The molecule has 1 aromatic rings. The van der Waals surface area contributed by atoms with Crippen molar-refractivity contribution in [2.45, 2.75) is 0 Å². The fourth-order valence-electron chi connectivity index (χ4n) is 0.885. The molecule has 3 heteroatoms. The van der Waals surface area contributed by atoms with Crippen LogP contribution in [0, 0.1) is 0 Å². The molecule has 0 fully saturated rings. The van der Waals surface area contributed by atoms with Gasteiger partial charge in [0.15, 0.2) is 0 Å². The highest BCUT2D eigenvalue weighted by Gasteiger charge is 1.94. The number of benzene rings is 1. The van der Waals surface area contributed by atoms with Gasteiger partial charge in [0.05, 0.1) is 7.05 Å². The zero-order valence-electron chi connectivity index (χ0n) is 7.33. The van der Waals surface area contributed by atoms with Crippen LogP contribution in [0.25, 0.3) is 6.08 Å². The molecule has 0 atom stereocenters. The molecule has 0 saturated carbocycles. The maximum atomic E-state index is 10.9. The summed E-state index contributed by atoms with van der Waals surface area (Å²) in [5.74, 6) is -0.0000227. The lowest BCUT2D eigenvalue weighted by Crippen LogP contribution is -2.83. The molecule has 0 radical (unpaired) electrons. The van der Waals surface area contributed by atoms with Crippen molar-refractivity contribution in [3.8, 4) is 0 Å². The summed E-state index contributed by atoms with van der Waals surface area (Å²) < 4.78 is 0. The molecule has 0 aliphatic rings. The fraction of sp³-hybridized carbons (Fsp3) is 0.100. The van der Waals surface area contributed by atoms with E-state index in [1.54, 1.807) is 25.3 Å². The highest BCUT2D eigenvalue weighted by Crippen LogP contribution is 2.11. The number of hydrogen-bond donors (Lipinski definition) is 1. The van der Waals surface area contributed by atoms with Crippen molar-refractivity contribution >= 4 is 23.6 Å². The first-order chi connectivity index (χ1) is 6.22. The Bertz CT molecular complexity index is 333. The van der Waals surface area contributed by atoms with Gasteiger partial charge in [-0.3, -0.25) is 5.32 Å². The minimum atomic E-state index is -0.0000227. The van der Waals surface area contributed by atoms with Gasteiger partial charge in [-0.25, -0.2) is 4.79 Å². The summed E-state index contributed by atoms with van der Waals surface area (Å²) in [5, 5.41) is 2.19. The molecule has 0 unspecified atom stereocenters. The summed E-state index contributed by atoms with van der Waals surface area (Å²) in [7, 11) is 1.71. The van der Waals surface area contributed by atoms with E-state index in [4.69, 9.17) is 11.6 Å². The number of nitrogens with two attached hydrogens (primary N) is 1. The van der Waals surface area contributed by atoms with Crippen LogP contribution in [0.3, 0.4) is 0 Å². The Kier molecular flexibility index (Phi) is 3.68. The van der Waals surface area contributed by atoms with Crippen LogP contribution in [0.5, 0.6) is 0 Å². The van der Waals surface area contributed by atoms with E-state index in [1.165, 1.54) is 11.4 Å². The molecule has 2 nitrogen and oxygen atoms in total. The SMILES string of the molecule is C[NH2+]C(=O)C=Cc1cccc(Cl)c1. The summed E-state index contributed by atoms with van der Waals surface area (Å²) in [6.07, 6.45) is 3.26. The number of rotatable bonds is 2. The van der Waals surface area contributed by atoms with Crippen molar-refractivity contribution in [2.24, 2.45) is 0 Å². The first-order valence-corrected chi connectivity index (χ1v) is 4.37. The van der Waals surface area contributed by atoms with Crippen molar-refractivity contribution in [1.82, 2.24) is 0 Å². The molecule has 0 bridgehead atoms. The lowest BCUT2D eigenvalue weighted by atomic mass is 10.2. The molecular weight excluding hydrogens is 186 g/mol. The molecule has 0 spiro atoms. The molecule has 2 N–H and O–H groups in total. The highest BCUT2D eigenvalue weighted by atomic mass is 35.5. The molecule has 0 aliphatic carbocycles. The molecule has 0 saturated heterocycles. The van der Waals surface area contributed by atoms with E-state index in [1.807, 2.05) is 12.1 Å². The van der Waals surface area contributed by atoms with E-state index in [2.05, 4.69) is 0 Å². The third kappa shape index (κ3) is 3.40. The van der Waals surface area contributed by atoms with E-state index < -0.39 is 0 Å². The van der Waals surface area contributed by atoms with Crippen LogP contribution >= 0.6 is 11.6 Å². The van der Waals surface area contributed by atoms with Crippen LogP contribution in [0.2, 0.25) is 5.02 Å². The van der Waals surface area contributed by atoms with Gasteiger partial charge < -0.3 is 0 Å². The second-order valence-corrected chi connectivity index (χ2v) is 3.02. The van der Waals surface area contributed by atoms with Crippen molar-refractivity contribution in [1.29, 1.82) is 0 Å². The Hall–Kier alpha value is -1.12. The monoisotopic (exact) mass is 196 g/mol. The normalized spacial score (nSPS) is 10.6. The standard InChI is InChI=1S/C10H10ClNO/c1-12-10(13)6-5-8-3-2-4-9(11)7-8/h2-7H,1H3,(H,12,13)/p+1. The quantitative estimate of drug-likeness (QED) is 0.706. The van der Waals surface area contributed by atoms with Crippen molar-refractivity contribution < 1.29 is 10.1 Å². The van der Waals surface area contributed by atoms with Gasteiger partial charge in [-0.1, -0.05) is 23.7 Å². The number of amides is 1. The maximum Gasteiger partial charge on any atom is 0.335 e. The van der Waals surface area contributed by atoms with Gasteiger partial charge in [0.2, 0.25) is 0 Å². The van der Waals surface area contributed by atoms with Gasteiger partial charge in [0, 0.05) is 11.1 Å². The minimum Gasteiger partial charge on any atom is -0.282 e. The first-order valence-electron chi connectivity index (χ1n) is 3.99. The summed E-state index contributed by atoms with van der Waals surface area (Å²) in [4.78, 5) is 10.9. The molecule has 0 aliphatic heterocycles. The number of carbonyl (C=O) groups is 1. The topological polar surface area (TPSA) is 33.7 Å². The van der Waals surface area contributed by atoms with Gasteiger partial charge in [-0.2, -0.15) is 0 Å². The minimum absolute atomic E-state index is 0.0000227. The van der Waals surface area contributed by atoms with E-state index in [9.17, 15) is 4.79 Å². The number of halogens is 1. The van der Waals surface area contributed by atoms with Crippen LogP contribution in [0.4, 0.5) is 0 Å². The molecule has 0 aromatic heterocycles. The van der Waals surface area contributed by atoms with Crippen molar-refractivity contribution in [3.63, 3.8) is 0 Å². The lowest BCUT2D eigenvalue weighted by Gasteiger charge is -1.92. The zero-order valence-corrected chi connectivity index (χ0v) is 8.08. The fourth-order valence-corrected chi connectivity index (χ4v) is 1.08. The largest absolute Gasteiger partial charge is 0.335 e. The molecular formula is C10H11ClNO+. The molecule has 68 valence electrons. The van der Waals surface area contributed by atoms with Crippen LogP contribution < -0.4 is 5.32 Å². The first kappa shape index (κ1) is 9.96. The smallest absolute Gasteiger partial charge is 0.282 e. The lowest BCUT2D eigenvalue weighted by molar-refractivity contribution is -0.534. The Morgan fingerprint density at radius 3 is 2.92 bits per heavy atom. The summed E-state index contributed by atoms with van der Waals surface area (Å²) >= 11 is 5.77. The highest BCUT2D eigenvalue weighted by molar-refractivity contribution is 6.30. The average Bonchev–Trinajstić information content (AvgIpc) is 2.14. The summed E-state index contributed by atoms with van der Waals surface area (Å²) in [5.41, 5.74) is 0.933. The number of quaternary nitrogens is 1. The number of primary amides is 1. The number of likely N-dealkylation sites (N-methyl/N-ethyl adjacent to an activating group) is 1. The Labute approximate surface area is 82.2 Å². The Morgan fingerprint density at radius 1 is 1.54 bits per heavy atom. The molecule has 13 heavy (non-hydrogen) atoms. The molecule has 1 rings (SSSR count). The average molecular weight is 197 g/mol.